The number of aryl methyl sites for hydroxylation is 1. The number of nitrogens with zero attached hydrogens (tertiary/aromatic N) is 1. The molecule has 0 bridgehead atoms. The normalized spacial score (nSPS) is 14.2. The summed E-state index contributed by atoms with van der Waals surface area (Å²) in [6, 6.07) is 4.37. The molecule has 0 spiro atoms. The van der Waals surface area contributed by atoms with Gasteiger partial charge in [-0.3, -0.25) is 4.90 Å². The Morgan fingerprint density at radius 3 is 2.62 bits per heavy atom. The molecule has 88 valence electrons. The molecule has 4 heteroatoms. The van der Waals surface area contributed by atoms with E-state index in [2.05, 4.69) is 0 Å². The molecule has 2 rings (SSSR count). The number of rotatable bonds is 1. The maximum Gasteiger partial charge on any atom is 0.414 e. The smallest absolute Gasteiger partial charge is 0.414 e. The number of cyclic esters (lactones) is 1. The molecule has 0 N–H and O–H groups in total. The molecule has 0 atom stereocenters. The highest BCUT2D eigenvalue weighted by Crippen LogP contribution is 2.23. The van der Waals surface area contributed by atoms with Crippen LogP contribution in [0.3, 0.4) is 0 Å². The van der Waals surface area contributed by atoms with Crippen LogP contribution in [0.4, 0.5) is 14.9 Å². The van der Waals surface area contributed by atoms with Crippen LogP contribution in [0, 0.1) is 12.7 Å². The van der Waals surface area contributed by atoms with Crippen molar-refractivity contribution in [1.82, 2.24) is 0 Å². The molecule has 0 radical (unpaired) electrons. The Labute approximate surface area is 94.8 Å². The highest BCUT2D eigenvalue weighted by Gasteiger charge is 2.24. The minimum absolute atomic E-state index is 0.342. The maximum atomic E-state index is 12.9. The number of amides is 1. The van der Waals surface area contributed by atoms with Crippen molar-refractivity contribution in [3.63, 3.8) is 0 Å². The van der Waals surface area contributed by atoms with Crippen molar-refractivity contribution in [3.8, 4) is 0 Å². The molecular weight excluding hydrogens is 209 g/mol. The summed E-state index contributed by atoms with van der Waals surface area (Å²) < 4.78 is 17.7. The minimum atomic E-state index is -0.404. The molecular formula is C12H16FNO2. The highest BCUT2D eigenvalue weighted by atomic mass is 19.1. The van der Waals surface area contributed by atoms with E-state index in [1.165, 1.54) is 17.0 Å². The summed E-state index contributed by atoms with van der Waals surface area (Å²) in [4.78, 5) is 12.7. The summed E-state index contributed by atoms with van der Waals surface area (Å²) >= 11 is 0. The molecule has 1 saturated heterocycles. The van der Waals surface area contributed by atoms with Gasteiger partial charge in [0.15, 0.2) is 0 Å². The second kappa shape index (κ2) is 5.49. The fraction of sp³-hybridized carbons (Fsp3) is 0.417. The van der Waals surface area contributed by atoms with Gasteiger partial charge in [0, 0.05) is 0 Å². The van der Waals surface area contributed by atoms with Gasteiger partial charge < -0.3 is 4.74 Å². The van der Waals surface area contributed by atoms with E-state index in [1.54, 1.807) is 6.07 Å². The largest absolute Gasteiger partial charge is 0.447 e. The third-order valence-electron chi connectivity index (χ3n) is 2.22. The summed E-state index contributed by atoms with van der Waals surface area (Å²) in [6.07, 6.45) is -0.404. The first-order chi connectivity index (χ1) is 7.68. The van der Waals surface area contributed by atoms with Gasteiger partial charge in [-0.1, -0.05) is 19.9 Å². The van der Waals surface area contributed by atoms with Gasteiger partial charge in [0.2, 0.25) is 0 Å². The van der Waals surface area contributed by atoms with Gasteiger partial charge in [-0.2, -0.15) is 0 Å². The topological polar surface area (TPSA) is 29.5 Å². The Hall–Kier alpha value is -1.58. The SMILES string of the molecule is CC.Cc1ccc(F)cc1N1CCOC1=O. The average molecular weight is 225 g/mol. The summed E-state index contributed by atoms with van der Waals surface area (Å²) in [6.45, 7) is 6.69. The highest BCUT2D eigenvalue weighted by molar-refractivity contribution is 5.90. The van der Waals surface area contributed by atoms with Gasteiger partial charge in [-0.25, -0.2) is 9.18 Å². The Balaban J connectivity index is 0.000000606. The van der Waals surface area contributed by atoms with Crippen LogP contribution in [0.25, 0.3) is 0 Å². The number of hydrogen-bond acceptors (Lipinski definition) is 2. The van der Waals surface area contributed by atoms with Crippen LogP contribution < -0.4 is 4.90 Å². The van der Waals surface area contributed by atoms with Crippen LogP contribution >= 0.6 is 0 Å². The van der Waals surface area contributed by atoms with Crippen molar-refractivity contribution in [2.45, 2.75) is 20.8 Å². The molecule has 1 aromatic carbocycles. The standard InChI is InChI=1S/C10H10FNO2.C2H6/c1-7-2-3-8(11)6-9(7)12-4-5-14-10(12)13;1-2/h2-3,6H,4-5H2,1H3;1-2H3. The van der Waals surface area contributed by atoms with E-state index in [0.29, 0.717) is 18.8 Å². The van der Waals surface area contributed by atoms with Gasteiger partial charge in [-0.15, -0.1) is 0 Å². The molecule has 0 aliphatic carbocycles. The van der Waals surface area contributed by atoms with E-state index in [-0.39, 0.29) is 5.82 Å². The fourth-order valence-corrected chi connectivity index (χ4v) is 1.49. The van der Waals surface area contributed by atoms with Gasteiger partial charge >= 0.3 is 6.09 Å². The summed E-state index contributed by atoms with van der Waals surface area (Å²) in [5.41, 5.74) is 1.46. The molecule has 0 unspecified atom stereocenters. The molecule has 0 saturated carbocycles. The summed E-state index contributed by atoms with van der Waals surface area (Å²) in [7, 11) is 0. The quantitative estimate of drug-likeness (QED) is 0.735. The zero-order chi connectivity index (χ0) is 12.1. The zero-order valence-electron chi connectivity index (χ0n) is 9.79. The second-order valence-corrected chi connectivity index (χ2v) is 3.20. The van der Waals surface area contributed by atoms with E-state index >= 15 is 0 Å². The number of carbonyl (C=O) groups is 1. The Kier molecular flexibility index (Phi) is 4.28. The fourth-order valence-electron chi connectivity index (χ4n) is 1.49. The number of ether oxygens (including phenoxy) is 1. The van der Waals surface area contributed by atoms with E-state index in [9.17, 15) is 9.18 Å². The van der Waals surface area contributed by atoms with Crippen LogP contribution in [0.15, 0.2) is 18.2 Å². The lowest BCUT2D eigenvalue weighted by molar-refractivity contribution is 0.181. The predicted molar refractivity (Wildman–Crippen MR) is 61.2 cm³/mol. The first-order valence-corrected chi connectivity index (χ1v) is 5.39. The van der Waals surface area contributed by atoms with Crippen molar-refractivity contribution in [1.29, 1.82) is 0 Å². The van der Waals surface area contributed by atoms with Crippen LogP contribution in [-0.4, -0.2) is 19.2 Å². The van der Waals surface area contributed by atoms with Crippen molar-refractivity contribution in [2.24, 2.45) is 0 Å². The van der Waals surface area contributed by atoms with Gasteiger partial charge in [-0.05, 0) is 24.6 Å². The number of anilines is 1. The number of benzene rings is 1. The molecule has 1 amide bonds. The first kappa shape index (κ1) is 12.5. The molecule has 16 heavy (non-hydrogen) atoms. The van der Waals surface area contributed by atoms with Crippen molar-refractivity contribution >= 4 is 11.8 Å². The first-order valence-electron chi connectivity index (χ1n) is 5.39. The minimum Gasteiger partial charge on any atom is -0.447 e. The van der Waals surface area contributed by atoms with Crippen molar-refractivity contribution < 1.29 is 13.9 Å². The Bertz CT molecular complexity index is 379. The summed E-state index contributed by atoms with van der Waals surface area (Å²) in [5, 5.41) is 0. The molecule has 0 aromatic heterocycles. The van der Waals surface area contributed by atoms with Gasteiger partial charge in [0.1, 0.15) is 12.4 Å². The van der Waals surface area contributed by atoms with E-state index in [1.807, 2.05) is 20.8 Å². The lowest BCUT2D eigenvalue weighted by Crippen LogP contribution is -2.24. The zero-order valence-corrected chi connectivity index (χ0v) is 9.79. The van der Waals surface area contributed by atoms with Crippen LogP contribution in [0.1, 0.15) is 19.4 Å². The number of hydrogen-bond donors (Lipinski definition) is 0. The van der Waals surface area contributed by atoms with Gasteiger partial charge in [0.25, 0.3) is 0 Å². The van der Waals surface area contributed by atoms with Gasteiger partial charge in [0.05, 0.1) is 12.2 Å². The molecule has 1 aromatic rings. The van der Waals surface area contributed by atoms with Crippen LogP contribution in [0.5, 0.6) is 0 Å². The van der Waals surface area contributed by atoms with Crippen molar-refractivity contribution in [3.05, 3.63) is 29.6 Å². The monoisotopic (exact) mass is 225 g/mol. The number of carbonyl (C=O) groups excluding carboxylic acids is 1. The predicted octanol–water partition coefficient (Wildman–Crippen LogP) is 3.12. The molecule has 1 aliphatic heterocycles. The number of halogens is 1. The van der Waals surface area contributed by atoms with Crippen molar-refractivity contribution in [2.75, 3.05) is 18.1 Å². The Morgan fingerprint density at radius 2 is 2.06 bits per heavy atom. The second-order valence-electron chi connectivity index (χ2n) is 3.20. The third-order valence-corrected chi connectivity index (χ3v) is 2.22. The van der Waals surface area contributed by atoms with Crippen LogP contribution in [0.2, 0.25) is 0 Å². The molecule has 1 fully saturated rings. The van der Waals surface area contributed by atoms with E-state index < -0.39 is 6.09 Å². The lowest BCUT2D eigenvalue weighted by atomic mass is 10.2. The molecule has 1 heterocycles. The lowest BCUT2D eigenvalue weighted by Gasteiger charge is -2.15. The Morgan fingerprint density at radius 1 is 1.38 bits per heavy atom. The molecule has 3 nitrogen and oxygen atoms in total. The summed E-state index contributed by atoms with van der Waals surface area (Å²) in [5.74, 6) is -0.342. The van der Waals surface area contributed by atoms with E-state index in [4.69, 9.17) is 4.74 Å². The van der Waals surface area contributed by atoms with Crippen LogP contribution in [-0.2, 0) is 4.74 Å². The maximum absolute atomic E-state index is 12.9. The average Bonchev–Trinajstić information content (AvgIpc) is 2.71. The third kappa shape index (κ3) is 2.51. The molecule has 1 aliphatic rings. The van der Waals surface area contributed by atoms with E-state index in [0.717, 1.165) is 5.56 Å².